The molecular weight excluding hydrogens is 326 g/mol. The summed E-state index contributed by atoms with van der Waals surface area (Å²) in [5.41, 5.74) is 3.17. The molecule has 26 heavy (non-hydrogen) atoms. The Morgan fingerprint density at radius 3 is 2.65 bits per heavy atom. The molecule has 1 aromatic carbocycles. The largest absolute Gasteiger partial charge is 0.378 e. The number of nitrogens with one attached hydrogen (secondary N) is 2. The van der Waals surface area contributed by atoms with Gasteiger partial charge in [0.2, 0.25) is 5.95 Å². The van der Waals surface area contributed by atoms with Gasteiger partial charge in [-0.3, -0.25) is 0 Å². The van der Waals surface area contributed by atoms with Crippen LogP contribution in [-0.4, -0.2) is 42.3 Å². The first-order valence-corrected chi connectivity index (χ1v) is 9.59. The number of hydrogen-bond donors (Lipinski definition) is 2. The van der Waals surface area contributed by atoms with Crippen molar-refractivity contribution < 1.29 is 4.74 Å². The fourth-order valence-electron chi connectivity index (χ4n) is 3.76. The van der Waals surface area contributed by atoms with E-state index in [1.54, 1.807) is 0 Å². The van der Waals surface area contributed by atoms with Crippen LogP contribution in [-0.2, 0) is 4.74 Å². The van der Waals surface area contributed by atoms with Crippen LogP contribution in [0.15, 0.2) is 30.3 Å². The number of benzene rings is 1. The number of morpholine rings is 1. The number of aryl methyl sites for hydroxylation is 1. The Hall–Kier alpha value is -2.34. The van der Waals surface area contributed by atoms with Crippen molar-refractivity contribution in [3.63, 3.8) is 0 Å². The van der Waals surface area contributed by atoms with Crippen molar-refractivity contribution in [3.05, 3.63) is 36.0 Å². The monoisotopic (exact) mass is 353 g/mol. The predicted molar refractivity (Wildman–Crippen MR) is 105 cm³/mol. The zero-order valence-electron chi connectivity index (χ0n) is 15.4. The topological polar surface area (TPSA) is 62.3 Å². The number of ether oxygens (including phenoxy) is 1. The van der Waals surface area contributed by atoms with Crippen molar-refractivity contribution in [1.82, 2.24) is 9.97 Å². The third-order valence-electron chi connectivity index (χ3n) is 5.06. The second kappa shape index (κ2) is 7.91. The van der Waals surface area contributed by atoms with Crippen LogP contribution < -0.4 is 15.5 Å². The molecule has 1 saturated carbocycles. The lowest BCUT2D eigenvalue weighted by molar-refractivity contribution is 0.123. The van der Waals surface area contributed by atoms with Gasteiger partial charge in [-0.15, -0.1) is 0 Å². The lowest BCUT2D eigenvalue weighted by atomic mass is 10.2. The number of nitrogens with zero attached hydrogens (tertiary/aromatic N) is 3. The molecular formula is C20H27N5O. The van der Waals surface area contributed by atoms with Gasteiger partial charge in [-0.1, -0.05) is 25.0 Å². The summed E-state index contributed by atoms with van der Waals surface area (Å²) in [6, 6.07) is 10.9. The molecule has 4 rings (SSSR count). The van der Waals surface area contributed by atoms with Gasteiger partial charge in [0.15, 0.2) is 0 Å². The Kier molecular flexibility index (Phi) is 5.20. The molecule has 0 atom stereocenters. The summed E-state index contributed by atoms with van der Waals surface area (Å²) in [5, 5.41) is 7.00. The maximum absolute atomic E-state index is 5.48. The van der Waals surface area contributed by atoms with Gasteiger partial charge in [-0.2, -0.15) is 4.98 Å². The van der Waals surface area contributed by atoms with E-state index in [9.17, 15) is 0 Å². The van der Waals surface area contributed by atoms with E-state index in [2.05, 4.69) is 38.7 Å². The molecule has 2 fully saturated rings. The van der Waals surface area contributed by atoms with E-state index in [1.165, 1.54) is 31.4 Å². The van der Waals surface area contributed by atoms with E-state index in [4.69, 9.17) is 9.72 Å². The van der Waals surface area contributed by atoms with Crippen LogP contribution in [0.3, 0.4) is 0 Å². The highest BCUT2D eigenvalue weighted by molar-refractivity contribution is 5.73. The molecule has 2 heterocycles. The van der Waals surface area contributed by atoms with Crippen molar-refractivity contribution in [2.75, 3.05) is 41.8 Å². The quantitative estimate of drug-likeness (QED) is 0.854. The smallest absolute Gasteiger partial charge is 0.229 e. The van der Waals surface area contributed by atoms with E-state index in [-0.39, 0.29) is 0 Å². The van der Waals surface area contributed by atoms with Crippen molar-refractivity contribution in [2.24, 2.45) is 0 Å². The van der Waals surface area contributed by atoms with Gasteiger partial charge >= 0.3 is 0 Å². The minimum Gasteiger partial charge on any atom is -0.378 e. The van der Waals surface area contributed by atoms with Crippen LogP contribution >= 0.6 is 0 Å². The molecule has 138 valence electrons. The Labute approximate surface area is 155 Å². The fourth-order valence-corrected chi connectivity index (χ4v) is 3.76. The molecule has 0 unspecified atom stereocenters. The zero-order valence-corrected chi connectivity index (χ0v) is 15.4. The van der Waals surface area contributed by atoms with E-state index in [1.807, 2.05) is 19.1 Å². The Morgan fingerprint density at radius 1 is 1.08 bits per heavy atom. The molecule has 2 aliphatic rings. The van der Waals surface area contributed by atoms with Crippen molar-refractivity contribution >= 4 is 23.1 Å². The van der Waals surface area contributed by atoms with Crippen molar-refractivity contribution in [1.29, 1.82) is 0 Å². The van der Waals surface area contributed by atoms with Gasteiger partial charge in [0.25, 0.3) is 0 Å². The molecule has 0 spiro atoms. The van der Waals surface area contributed by atoms with Gasteiger partial charge in [0.05, 0.1) is 24.6 Å². The summed E-state index contributed by atoms with van der Waals surface area (Å²) in [5.74, 6) is 1.56. The van der Waals surface area contributed by atoms with Crippen LogP contribution in [0.4, 0.5) is 23.1 Å². The second-order valence-corrected chi connectivity index (χ2v) is 7.09. The van der Waals surface area contributed by atoms with Crippen LogP contribution in [0.1, 0.15) is 31.4 Å². The summed E-state index contributed by atoms with van der Waals surface area (Å²) in [6.07, 6.45) is 5.07. The molecule has 2 N–H and O–H groups in total. The van der Waals surface area contributed by atoms with E-state index in [0.29, 0.717) is 12.0 Å². The molecule has 2 aromatic rings. The summed E-state index contributed by atoms with van der Waals surface area (Å²) in [7, 11) is 0. The Balaban J connectivity index is 1.54. The first-order chi connectivity index (χ1) is 12.8. The number of para-hydroxylation sites is 2. The molecule has 0 bridgehead atoms. The van der Waals surface area contributed by atoms with Gasteiger partial charge in [-0.25, -0.2) is 4.98 Å². The molecule has 6 nitrogen and oxygen atoms in total. The van der Waals surface area contributed by atoms with E-state index >= 15 is 0 Å². The first-order valence-electron chi connectivity index (χ1n) is 9.59. The molecule has 0 radical (unpaired) electrons. The fraction of sp³-hybridized carbons (Fsp3) is 0.500. The molecule has 1 aliphatic heterocycles. The van der Waals surface area contributed by atoms with Crippen LogP contribution in [0.5, 0.6) is 0 Å². The molecule has 0 amide bonds. The molecule has 1 aromatic heterocycles. The van der Waals surface area contributed by atoms with Gasteiger partial charge < -0.3 is 20.3 Å². The summed E-state index contributed by atoms with van der Waals surface area (Å²) < 4.78 is 5.48. The highest BCUT2D eigenvalue weighted by Gasteiger charge is 2.17. The summed E-state index contributed by atoms with van der Waals surface area (Å²) in [4.78, 5) is 11.6. The third-order valence-corrected chi connectivity index (χ3v) is 5.06. The highest BCUT2D eigenvalue weighted by atomic mass is 16.5. The average molecular weight is 353 g/mol. The number of rotatable bonds is 5. The average Bonchev–Trinajstić information content (AvgIpc) is 3.15. The molecule has 6 heteroatoms. The maximum Gasteiger partial charge on any atom is 0.229 e. The standard InChI is InChI=1S/C20H27N5O/c1-15-14-19(22-16-6-2-3-7-16)24-20(21-15)23-17-8-4-5-9-18(17)25-10-12-26-13-11-25/h4-5,8-9,14,16H,2-3,6-7,10-13H2,1H3,(H2,21,22,23,24). The minimum absolute atomic E-state index is 0.540. The Bertz CT molecular complexity index is 739. The minimum atomic E-state index is 0.540. The summed E-state index contributed by atoms with van der Waals surface area (Å²) in [6.45, 7) is 5.36. The SMILES string of the molecule is Cc1cc(NC2CCCC2)nc(Nc2ccccc2N2CCOCC2)n1. The predicted octanol–water partition coefficient (Wildman–Crippen LogP) is 3.72. The van der Waals surface area contributed by atoms with Crippen LogP contribution in [0.2, 0.25) is 0 Å². The zero-order chi connectivity index (χ0) is 17.8. The van der Waals surface area contributed by atoms with Crippen molar-refractivity contribution in [3.8, 4) is 0 Å². The molecule has 1 aliphatic carbocycles. The number of anilines is 4. The Morgan fingerprint density at radius 2 is 1.85 bits per heavy atom. The second-order valence-electron chi connectivity index (χ2n) is 7.09. The normalized spacial score (nSPS) is 18.1. The highest BCUT2D eigenvalue weighted by Crippen LogP contribution is 2.29. The maximum atomic E-state index is 5.48. The van der Waals surface area contributed by atoms with Crippen LogP contribution in [0.25, 0.3) is 0 Å². The van der Waals surface area contributed by atoms with E-state index in [0.717, 1.165) is 43.5 Å². The van der Waals surface area contributed by atoms with Gasteiger partial charge in [0, 0.05) is 30.9 Å². The summed E-state index contributed by atoms with van der Waals surface area (Å²) >= 11 is 0. The number of aromatic nitrogens is 2. The van der Waals surface area contributed by atoms with Gasteiger partial charge in [-0.05, 0) is 31.9 Å². The van der Waals surface area contributed by atoms with Gasteiger partial charge in [0.1, 0.15) is 5.82 Å². The van der Waals surface area contributed by atoms with Crippen molar-refractivity contribution in [2.45, 2.75) is 38.6 Å². The lowest BCUT2D eigenvalue weighted by Gasteiger charge is -2.30. The number of hydrogen-bond acceptors (Lipinski definition) is 6. The van der Waals surface area contributed by atoms with Crippen LogP contribution in [0, 0.1) is 6.92 Å². The third kappa shape index (κ3) is 4.07. The molecule has 1 saturated heterocycles. The lowest BCUT2D eigenvalue weighted by Crippen LogP contribution is -2.36. The first kappa shape index (κ1) is 17.1. The van der Waals surface area contributed by atoms with E-state index < -0.39 is 0 Å².